The fraction of sp³-hybridized carbons (Fsp3) is 0.375. The fourth-order valence-electron chi connectivity index (χ4n) is 3.90. The van der Waals surface area contributed by atoms with Gasteiger partial charge in [0, 0.05) is 26.6 Å². The molecule has 0 unspecified atom stereocenters. The number of hydrogen-bond acceptors (Lipinski definition) is 7. The molecule has 2 N–H and O–H groups in total. The van der Waals surface area contributed by atoms with Gasteiger partial charge < -0.3 is 24.5 Å². The van der Waals surface area contributed by atoms with Crippen molar-refractivity contribution in [3.05, 3.63) is 52.5 Å². The largest absolute Gasteiger partial charge is 0.496 e. The first kappa shape index (κ1) is 22.6. The quantitative estimate of drug-likeness (QED) is 0.587. The highest BCUT2D eigenvalue weighted by atomic mass is 16.5. The van der Waals surface area contributed by atoms with Crippen LogP contribution in [0.25, 0.3) is 22.2 Å². The Kier molecular flexibility index (Phi) is 6.77. The van der Waals surface area contributed by atoms with Crippen LogP contribution in [0, 0.1) is 11.3 Å². The average molecular weight is 450 g/mol. The van der Waals surface area contributed by atoms with Crippen LogP contribution in [0.5, 0.6) is 5.75 Å². The summed E-state index contributed by atoms with van der Waals surface area (Å²) >= 11 is 0. The Morgan fingerprint density at radius 1 is 1.33 bits per heavy atom. The number of nitriles is 1. The molecule has 33 heavy (non-hydrogen) atoms. The first-order valence-corrected chi connectivity index (χ1v) is 10.8. The van der Waals surface area contributed by atoms with Gasteiger partial charge in [-0.2, -0.15) is 5.26 Å². The van der Waals surface area contributed by atoms with Gasteiger partial charge in [-0.25, -0.2) is 4.79 Å². The third kappa shape index (κ3) is 4.92. The minimum Gasteiger partial charge on any atom is -0.496 e. The van der Waals surface area contributed by atoms with Crippen LogP contribution in [0.3, 0.4) is 0 Å². The van der Waals surface area contributed by atoms with E-state index < -0.39 is 17.9 Å². The molecule has 1 aliphatic heterocycles. The molecule has 0 bridgehead atoms. The summed E-state index contributed by atoms with van der Waals surface area (Å²) in [5, 5.41) is 15.6. The first-order valence-electron chi connectivity index (χ1n) is 10.8. The number of hydrogen-bond donors (Lipinski definition) is 2. The Morgan fingerprint density at radius 3 is 2.91 bits per heavy atom. The molecule has 1 fully saturated rings. The first-order chi connectivity index (χ1) is 16.0. The topological polar surface area (TPSA) is 119 Å². The van der Waals surface area contributed by atoms with Crippen LogP contribution >= 0.6 is 0 Å². The number of oxazole rings is 1. The number of rotatable bonds is 6. The van der Waals surface area contributed by atoms with E-state index in [-0.39, 0.29) is 5.91 Å². The molecule has 0 spiro atoms. The highest BCUT2D eigenvalue weighted by Crippen LogP contribution is 2.30. The molecule has 2 heterocycles. The van der Waals surface area contributed by atoms with Gasteiger partial charge in [-0.15, -0.1) is 0 Å². The van der Waals surface area contributed by atoms with Gasteiger partial charge in [0.05, 0.1) is 18.7 Å². The molecule has 3 aromatic rings. The summed E-state index contributed by atoms with van der Waals surface area (Å²) in [6, 6.07) is 12.6. The van der Waals surface area contributed by atoms with Gasteiger partial charge in [0.25, 0.3) is 5.91 Å². The number of ether oxygens (including phenoxy) is 2. The lowest BCUT2D eigenvalue weighted by Crippen LogP contribution is -2.46. The number of amides is 1. The molecule has 1 saturated heterocycles. The summed E-state index contributed by atoms with van der Waals surface area (Å²) in [6.45, 7) is 1.74. The molecule has 2 aromatic carbocycles. The average Bonchev–Trinajstić information content (AvgIpc) is 3.01. The Hall–Kier alpha value is -3.61. The number of methoxy groups -OCH3 is 1. The second-order valence-corrected chi connectivity index (χ2v) is 7.95. The van der Waals surface area contributed by atoms with E-state index >= 15 is 0 Å². The molecule has 0 aliphatic carbocycles. The van der Waals surface area contributed by atoms with E-state index in [9.17, 15) is 14.9 Å². The van der Waals surface area contributed by atoms with Gasteiger partial charge in [-0.05, 0) is 47.9 Å². The van der Waals surface area contributed by atoms with Crippen molar-refractivity contribution in [1.29, 1.82) is 5.26 Å². The number of carbonyl (C=O) groups is 1. The Balaban J connectivity index is 1.52. The third-order valence-corrected chi connectivity index (χ3v) is 5.75. The number of aromatic nitrogens is 1. The van der Waals surface area contributed by atoms with Crippen LogP contribution in [0.1, 0.15) is 12.0 Å². The van der Waals surface area contributed by atoms with Gasteiger partial charge >= 0.3 is 5.76 Å². The van der Waals surface area contributed by atoms with Gasteiger partial charge in [-0.3, -0.25) is 9.36 Å². The molecule has 1 amide bonds. The molecule has 0 radical (unpaired) electrons. The normalized spacial score (nSPS) is 17.2. The van der Waals surface area contributed by atoms with Crippen LogP contribution < -0.4 is 21.1 Å². The van der Waals surface area contributed by atoms with Gasteiger partial charge in [0.2, 0.25) is 0 Å². The molecule has 1 aromatic heterocycles. The summed E-state index contributed by atoms with van der Waals surface area (Å²) in [4.78, 5) is 24.3. The summed E-state index contributed by atoms with van der Waals surface area (Å²) in [6.07, 6.45) is 0.529. The Labute approximate surface area is 190 Å². The zero-order valence-electron chi connectivity index (χ0n) is 18.6. The standard InChI is InChI=1S/C24H26N4O5/c1-28-19-11-15(6-7-20(19)33-24(28)30)16-4-5-17(21(12-16)31-2)10-18(13-25)27-23(29)22-14-26-8-3-9-32-22/h4-7,11-12,18,22,26H,3,8-10,14H2,1-2H3,(H,27,29)/t18-,22-/m0/s1. The highest BCUT2D eigenvalue weighted by Gasteiger charge is 2.24. The van der Waals surface area contributed by atoms with E-state index in [1.165, 1.54) is 4.57 Å². The Bertz CT molecular complexity index is 1250. The van der Waals surface area contributed by atoms with E-state index in [0.29, 0.717) is 36.4 Å². The van der Waals surface area contributed by atoms with E-state index in [1.54, 1.807) is 20.2 Å². The van der Waals surface area contributed by atoms with Crippen molar-refractivity contribution in [3.63, 3.8) is 0 Å². The van der Waals surface area contributed by atoms with Crippen molar-refractivity contribution in [1.82, 2.24) is 15.2 Å². The number of benzene rings is 2. The SMILES string of the molecule is COc1cc(-c2ccc3oc(=O)n(C)c3c2)ccc1C[C@@H](C#N)NC(=O)[C@@H]1CNCCCO1. The van der Waals surface area contributed by atoms with Crippen molar-refractivity contribution in [2.45, 2.75) is 25.0 Å². The van der Waals surface area contributed by atoms with E-state index in [2.05, 4.69) is 16.7 Å². The summed E-state index contributed by atoms with van der Waals surface area (Å²) in [5.74, 6) is -0.106. The number of nitrogens with one attached hydrogen (secondary N) is 2. The molecule has 2 atom stereocenters. The number of fused-ring (bicyclic) bond motifs is 1. The minimum atomic E-state index is -0.721. The van der Waals surface area contributed by atoms with Crippen molar-refractivity contribution in [2.75, 3.05) is 26.8 Å². The van der Waals surface area contributed by atoms with Crippen LogP contribution in [0.15, 0.2) is 45.6 Å². The van der Waals surface area contributed by atoms with Crippen molar-refractivity contribution < 1.29 is 18.7 Å². The molecule has 0 saturated carbocycles. The molecule has 1 aliphatic rings. The molecular formula is C24H26N4O5. The second-order valence-electron chi connectivity index (χ2n) is 7.95. The van der Waals surface area contributed by atoms with E-state index in [1.807, 2.05) is 30.3 Å². The maximum atomic E-state index is 12.5. The van der Waals surface area contributed by atoms with Crippen LogP contribution in [0.2, 0.25) is 0 Å². The van der Waals surface area contributed by atoms with Gasteiger partial charge in [-0.1, -0.05) is 18.2 Å². The number of nitrogens with zero attached hydrogens (tertiary/aromatic N) is 2. The lowest BCUT2D eigenvalue weighted by Gasteiger charge is -2.19. The highest BCUT2D eigenvalue weighted by molar-refractivity contribution is 5.82. The zero-order chi connectivity index (χ0) is 23.4. The predicted molar refractivity (Wildman–Crippen MR) is 122 cm³/mol. The molecular weight excluding hydrogens is 424 g/mol. The van der Waals surface area contributed by atoms with E-state index in [4.69, 9.17) is 13.9 Å². The summed E-state index contributed by atoms with van der Waals surface area (Å²) in [5.41, 5.74) is 3.80. The second kappa shape index (κ2) is 9.90. The number of carbonyl (C=O) groups excluding carboxylic acids is 1. The van der Waals surface area contributed by atoms with Crippen molar-refractivity contribution in [2.24, 2.45) is 7.05 Å². The third-order valence-electron chi connectivity index (χ3n) is 5.75. The maximum Gasteiger partial charge on any atom is 0.419 e. The molecule has 172 valence electrons. The molecule has 4 rings (SSSR count). The monoisotopic (exact) mass is 450 g/mol. The predicted octanol–water partition coefficient (Wildman–Crippen LogP) is 1.74. The van der Waals surface area contributed by atoms with Gasteiger partial charge in [0.15, 0.2) is 5.58 Å². The summed E-state index contributed by atoms with van der Waals surface area (Å²) in [7, 11) is 3.23. The van der Waals surface area contributed by atoms with Crippen molar-refractivity contribution >= 4 is 17.0 Å². The van der Waals surface area contributed by atoms with Crippen LogP contribution in [-0.2, 0) is 23.0 Å². The Morgan fingerprint density at radius 2 is 2.12 bits per heavy atom. The lowest BCUT2D eigenvalue weighted by atomic mass is 9.99. The fourth-order valence-corrected chi connectivity index (χ4v) is 3.90. The lowest BCUT2D eigenvalue weighted by molar-refractivity contribution is -0.132. The zero-order valence-corrected chi connectivity index (χ0v) is 18.6. The van der Waals surface area contributed by atoms with Crippen molar-refractivity contribution in [3.8, 4) is 22.9 Å². The van der Waals surface area contributed by atoms with E-state index in [0.717, 1.165) is 29.7 Å². The molecule has 9 heteroatoms. The van der Waals surface area contributed by atoms with Crippen LogP contribution in [-0.4, -0.2) is 49.4 Å². The smallest absolute Gasteiger partial charge is 0.419 e. The molecule has 9 nitrogen and oxygen atoms in total. The number of aryl methyl sites for hydroxylation is 1. The summed E-state index contributed by atoms with van der Waals surface area (Å²) < 4.78 is 17.8. The van der Waals surface area contributed by atoms with Crippen LogP contribution in [0.4, 0.5) is 0 Å². The maximum absolute atomic E-state index is 12.5. The van der Waals surface area contributed by atoms with Gasteiger partial charge in [0.1, 0.15) is 17.9 Å². The minimum absolute atomic E-state index is 0.293.